The second kappa shape index (κ2) is 8.98. The number of hydrogen-bond donors (Lipinski definition) is 2. The minimum atomic E-state index is -0.240. The molecule has 0 unspecified atom stereocenters. The van der Waals surface area contributed by atoms with Gasteiger partial charge in [0, 0.05) is 36.9 Å². The number of ether oxygens (including phenoxy) is 1. The summed E-state index contributed by atoms with van der Waals surface area (Å²) >= 11 is 5.94. The fourth-order valence-corrected chi connectivity index (χ4v) is 3.00. The molecule has 138 valence electrons. The Balaban J connectivity index is 1.50. The molecule has 1 aliphatic rings. The summed E-state index contributed by atoms with van der Waals surface area (Å²) in [5.74, 6) is -0.240. The molecule has 0 bridgehead atoms. The molecule has 1 aromatic carbocycles. The van der Waals surface area contributed by atoms with Crippen LogP contribution in [0.15, 0.2) is 36.5 Å². The van der Waals surface area contributed by atoms with Crippen LogP contribution < -0.4 is 10.6 Å². The first-order chi connectivity index (χ1) is 12.6. The number of carbonyl (C=O) groups is 1. The van der Waals surface area contributed by atoms with Crippen molar-refractivity contribution in [2.75, 3.05) is 50.0 Å². The molecule has 26 heavy (non-hydrogen) atoms. The van der Waals surface area contributed by atoms with Crippen LogP contribution in [0, 0.1) is 6.92 Å². The van der Waals surface area contributed by atoms with E-state index in [2.05, 4.69) is 20.5 Å². The van der Waals surface area contributed by atoms with E-state index in [1.54, 1.807) is 24.4 Å². The molecule has 0 saturated carbocycles. The van der Waals surface area contributed by atoms with Crippen molar-refractivity contribution in [3.63, 3.8) is 0 Å². The smallest absolute Gasteiger partial charge is 0.274 e. The largest absolute Gasteiger partial charge is 0.383 e. The normalized spacial score (nSPS) is 14.8. The van der Waals surface area contributed by atoms with E-state index in [4.69, 9.17) is 16.3 Å². The van der Waals surface area contributed by atoms with E-state index in [0.717, 1.165) is 56.3 Å². The number of nitrogens with one attached hydrogen (secondary N) is 2. The van der Waals surface area contributed by atoms with Crippen molar-refractivity contribution >= 4 is 28.9 Å². The van der Waals surface area contributed by atoms with Crippen molar-refractivity contribution in [2.24, 2.45) is 0 Å². The number of benzene rings is 1. The molecular weight excluding hydrogens is 352 g/mol. The van der Waals surface area contributed by atoms with Crippen molar-refractivity contribution in [3.8, 4) is 0 Å². The summed E-state index contributed by atoms with van der Waals surface area (Å²) in [6.07, 6.45) is 1.68. The van der Waals surface area contributed by atoms with Crippen LogP contribution in [-0.4, -0.2) is 55.2 Å². The zero-order valence-corrected chi connectivity index (χ0v) is 15.6. The van der Waals surface area contributed by atoms with Crippen LogP contribution >= 0.6 is 11.6 Å². The highest BCUT2D eigenvalue weighted by Crippen LogP contribution is 2.20. The van der Waals surface area contributed by atoms with E-state index in [0.29, 0.717) is 10.7 Å². The second-order valence-corrected chi connectivity index (χ2v) is 6.66. The van der Waals surface area contributed by atoms with E-state index in [1.807, 2.05) is 19.1 Å². The Hall–Kier alpha value is -2.15. The van der Waals surface area contributed by atoms with Gasteiger partial charge in [0.15, 0.2) is 0 Å². The van der Waals surface area contributed by atoms with Crippen molar-refractivity contribution in [2.45, 2.75) is 6.92 Å². The number of pyridine rings is 1. The molecule has 6 nitrogen and oxygen atoms in total. The Morgan fingerprint density at radius 1 is 1.27 bits per heavy atom. The molecule has 1 aliphatic heterocycles. The second-order valence-electron chi connectivity index (χ2n) is 6.23. The monoisotopic (exact) mass is 374 g/mol. The molecular formula is C19H23ClN4O2. The maximum Gasteiger partial charge on any atom is 0.274 e. The predicted molar refractivity (Wildman–Crippen MR) is 104 cm³/mol. The van der Waals surface area contributed by atoms with Crippen LogP contribution in [0.1, 0.15) is 16.1 Å². The Labute approximate surface area is 158 Å². The highest BCUT2D eigenvalue weighted by Gasteiger charge is 2.11. The van der Waals surface area contributed by atoms with Gasteiger partial charge in [-0.25, -0.2) is 4.98 Å². The van der Waals surface area contributed by atoms with Gasteiger partial charge in [-0.2, -0.15) is 0 Å². The third-order valence-corrected chi connectivity index (χ3v) is 4.53. The summed E-state index contributed by atoms with van der Waals surface area (Å²) in [5.41, 5.74) is 2.91. The van der Waals surface area contributed by atoms with E-state index in [-0.39, 0.29) is 5.91 Å². The first-order valence-electron chi connectivity index (χ1n) is 8.69. The number of hydrogen-bond acceptors (Lipinski definition) is 5. The predicted octanol–water partition coefficient (Wildman–Crippen LogP) is 3.04. The summed E-state index contributed by atoms with van der Waals surface area (Å²) in [6, 6.07) is 8.94. The van der Waals surface area contributed by atoms with Gasteiger partial charge >= 0.3 is 0 Å². The first-order valence-corrected chi connectivity index (χ1v) is 9.07. The molecule has 1 aromatic heterocycles. The quantitative estimate of drug-likeness (QED) is 0.813. The number of morpholine rings is 1. The van der Waals surface area contributed by atoms with Crippen LogP contribution in [0.25, 0.3) is 0 Å². The minimum absolute atomic E-state index is 0.240. The molecule has 2 heterocycles. The van der Waals surface area contributed by atoms with Gasteiger partial charge in [-0.3, -0.25) is 9.69 Å². The summed E-state index contributed by atoms with van der Waals surface area (Å²) in [5, 5.41) is 6.84. The van der Waals surface area contributed by atoms with Crippen molar-refractivity contribution in [1.29, 1.82) is 0 Å². The van der Waals surface area contributed by atoms with Crippen LogP contribution in [0.2, 0.25) is 5.02 Å². The molecule has 0 aliphatic carbocycles. The number of anilines is 2. The van der Waals surface area contributed by atoms with Crippen LogP contribution in [0.5, 0.6) is 0 Å². The molecule has 1 amide bonds. The fraction of sp³-hybridized carbons (Fsp3) is 0.368. The van der Waals surface area contributed by atoms with Gasteiger partial charge in [-0.1, -0.05) is 11.6 Å². The molecule has 1 fully saturated rings. The highest BCUT2D eigenvalue weighted by atomic mass is 35.5. The molecule has 3 rings (SSSR count). The molecule has 0 radical (unpaired) electrons. The zero-order valence-electron chi connectivity index (χ0n) is 14.8. The van der Waals surface area contributed by atoms with E-state index >= 15 is 0 Å². The molecule has 1 saturated heterocycles. The summed E-state index contributed by atoms with van der Waals surface area (Å²) < 4.78 is 5.34. The number of carbonyl (C=O) groups excluding carboxylic acids is 1. The number of rotatable bonds is 6. The van der Waals surface area contributed by atoms with Crippen molar-refractivity contribution < 1.29 is 9.53 Å². The maximum absolute atomic E-state index is 12.3. The Morgan fingerprint density at radius 3 is 2.77 bits per heavy atom. The van der Waals surface area contributed by atoms with E-state index < -0.39 is 0 Å². The number of aromatic nitrogens is 1. The highest BCUT2D eigenvalue weighted by molar-refractivity contribution is 6.30. The lowest BCUT2D eigenvalue weighted by atomic mass is 10.2. The van der Waals surface area contributed by atoms with Gasteiger partial charge in [0.05, 0.1) is 25.1 Å². The molecule has 7 heteroatoms. The standard InChI is InChI=1S/C19H23ClN4O2/c1-14-12-15(20)2-4-17(14)23-19(25)18-5-3-16(13-22-18)21-6-7-24-8-10-26-11-9-24/h2-5,12-13,21H,6-11H2,1H3,(H,23,25). The summed E-state index contributed by atoms with van der Waals surface area (Å²) in [4.78, 5) is 19.0. The Bertz CT molecular complexity index is 746. The number of amides is 1. The lowest BCUT2D eigenvalue weighted by Gasteiger charge is -2.26. The fourth-order valence-electron chi connectivity index (χ4n) is 2.77. The zero-order chi connectivity index (χ0) is 18.4. The summed E-state index contributed by atoms with van der Waals surface area (Å²) in [6.45, 7) is 7.25. The molecule has 2 N–H and O–H groups in total. The topological polar surface area (TPSA) is 66.5 Å². The third kappa shape index (κ3) is 5.17. The lowest BCUT2D eigenvalue weighted by molar-refractivity contribution is 0.0398. The average molecular weight is 375 g/mol. The SMILES string of the molecule is Cc1cc(Cl)ccc1NC(=O)c1ccc(NCCN2CCOCC2)cn1. The van der Waals surface area contributed by atoms with E-state index in [9.17, 15) is 4.79 Å². The van der Waals surface area contributed by atoms with Gasteiger partial charge in [-0.15, -0.1) is 0 Å². The average Bonchev–Trinajstić information content (AvgIpc) is 2.65. The third-order valence-electron chi connectivity index (χ3n) is 4.29. The number of halogens is 1. The Kier molecular flexibility index (Phi) is 6.44. The van der Waals surface area contributed by atoms with Crippen LogP contribution in [0.3, 0.4) is 0 Å². The molecule has 0 spiro atoms. The van der Waals surface area contributed by atoms with Crippen LogP contribution in [-0.2, 0) is 4.74 Å². The maximum atomic E-state index is 12.3. The van der Waals surface area contributed by atoms with Crippen molar-refractivity contribution in [3.05, 3.63) is 52.8 Å². The van der Waals surface area contributed by atoms with Gasteiger partial charge < -0.3 is 15.4 Å². The number of aryl methyl sites for hydroxylation is 1. The lowest BCUT2D eigenvalue weighted by Crippen LogP contribution is -2.39. The first kappa shape index (κ1) is 18.6. The number of nitrogens with zero attached hydrogens (tertiary/aromatic N) is 2. The van der Waals surface area contributed by atoms with Gasteiger partial charge in [-0.05, 0) is 42.8 Å². The van der Waals surface area contributed by atoms with Gasteiger partial charge in [0.25, 0.3) is 5.91 Å². The Morgan fingerprint density at radius 2 is 2.08 bits per heavy atom. The molecule has 2 aromatic rings. The van der Waals surface area contributed by atoms with Gasteiger partial charge in [0.1, 0.15) is 5.69 Å². The van der Waals surface area contributed by atoms with E-state index in [1.165, 1.54) is 0 Å². The molecule has 0 atom stereocenters. The van der Waals surface area contributed by atoms with Crippen LogP contribution in [0.4, 0.5) is 11.4 Å². The minimum Gasteiger partial charge on any atom is -0.383 e. The summed E-state index contributed by atoms with van der Waals surface area (Å²) in [7, 11) is 0. The van der Waals surface area contributed by atoms with Gasteiger partial charge in [0.2, 0.25) is 0 Å². The van der Waals surface area contributed by atoms with Crippen molar-refractivity contribution in [1.82, 2.24) is 9.88 Å².